The molecule has 0 bridgehead atoms. The fourth-order valence-electron chi connectivity index (χ4n) is 5.57. The van der Waals surface area contributed by atoms with Crippen LogP contribution in [0.4, 0.5) is 0 Å². The first-order chi connectivity index (χ1) is 18.8. The molecule has 39 heavy (non-hydrogen) atoms. The van der Waals surface area contributed by atoms with Crippen molar-refractivity contribution in [2.75, 3.05) is 5.75 Å². The van der Waals surface area contributed by atoms with E-state index < -0.39 is 0 Å². The number of benzene rings is 3. The number of thioether (sulfide) groups is 1. The van der Waals surface area contributed by atoms with Crippen molar-refractivity contribution in [3.8, 4) is 0 Å². The van der Waals surface area contributed by atoms with E-state index in [2.05, 4.69) is 20.8 Å². The van der Waals surface area contributed by atoms with Crippen LogP contribution in [-0.4, -0.2) is 21.1 Å². The second-order valence-corrected chi connectivity index (χ2v) is 13.6. The van der Waals surface area contributed by atoms with Gasteiger partial charge in [-0.2, -0.15) is 0 Å². The molecule has 1 aliphatic carbocycles. The van der Waals surface area contributed by atoms with Gasteiger partial charge in [-0.1, -0.05) is 99.3 Å². The zero-order chi connectivity index (χ0) is 27.1. The minimum atomic E-state index is 0.0104. The molecule has 0 saturated carbocycles. The predicted molar refractivity (Wildman–Crippen MR) is 163 cm³/mol. The van der Waals surface area contributed by atoms with Crippen molar-refractivity contribution >= 4 is 49.9 Å². The van der Waals surface area contributed by atoms with Crippen LogP contribution in [0.3, 0.4) is 0 Å². The Labute approximate surface area is 237 Å². The Morgan fingerprint density at radius 2 is 1.77 bits per heavy atom. The third-order valence-corrected chi connectivity index (χ3v) is 10.1. The monoisotopic (exact) mass is 552 g/mol. The lowest BCUT2D eigenvalue weighted by Gasteiger charge is -2.33. The third-order valence-electron chi connectivity index (χ3n) is 7.95. The van der Waals surface area contributed by atoms with E-state index in [0.717, 1.165) is 45.8 Å². The average Bonchev–Trinajstić information content (AvgIpc) is 3.31. The number of Topliss-reactive ketones (excluding diaryl/α,β-unsaturated/α-hetero) is 1. The van der Waals surface area contributed by atoms with Gasteiger partial charge in [0.15, 0.2) is 10.9 Å². The van der Waals surface area contributed by atoms with Crippen LogP contribution in [0.1, 0.15) is 53.6 Å². The molecule has 0 radical (unpaired) electrons. The van der Waals surface area contributed by atoms with Crippen molar-refractivity contribution in [2.24, 2.45) is 11.3 Å². The molecule has 0 amide bonds. The number of aryl methyl sites for hydroxylation is 1. The summed E-state index contributed by atoms with van der Waals surface area (Å²) in [6, 6.07) is 23.9. The van der Waals surface area contributed by atoms with E-state index in [1.807, 2.05) is 72.8 Å². The van der Waals surface area contributed by atoms with E-state index in [0.29, 0.717) is 23.2 Å². The van der Waals surface area contributed by atoms with Gasteiger partial charge in [0.2, 0.25) is 0 Å². The van der Waals surface area contributed by atoms with Gasteiger partial charge in [0.1, 0.15) is 4.83 Å². The van der Waals surface area contributed by atoms with Crippen molar-refractivity contribution in [1.29, 1.82) is 0 Å². The summed E-state index contributed by atoms with van der Waals surface area (Å²) < 4.78 is 1.78. The molecule has 198 valence electrons. The predicted octanol–water partition coefficient (Wildman–Crippen LogP) is 7.79. The van der Waals surface area contributed by atoms with Gasteiger partial charge in [-0.05, 0) is 58.6 Å². The summed E-state index contributed by atoms with van der Waals surface area (Å²) in [4.78, 5) is 34.4. The summed E-state index contributed by atoms with van der Waals surface area (Å²) in [5.41, 5.74) is 3.16. The van der Waals surface area contributed by atoms with Crippen LogP contribution in [0.2, 0.25) is 0 Å². The molecule has 0 N–H and O–H groups in total. The number of fused-ring (bicyclic) bond motifs is 4. The lowest BCUT2D eigenvalue weighted by atomic mass is 9.72. The van der Waals surface area contributed by atoms with Gasteiger partial charge in [-0.15, -0.1) is 11.3 Å². The maximum absolute atomic E-state index is 14.1. The molecular weight excluding hydrogens is 521 g/mol. The van der Waals surface area contributed by atoms with E-state index in [-0.39, 0.29) is 22.5 Å². The molecule has 4 nitrogen and oxygen atoms in total. The summed E-state index contributed by atoms with van der Waals surface area (Å²) in [5.74, 6) is 0.852. The van der Waals surface area contributed by atoms with Gasteiger partial charge in [0, 0.05) is 10.4 Å². The average molecular weight is 553 g/mol. The third kappa shape index (κ3) is 5.20. The first-order valence-corrected chi connectivity index (χ1v) is 15.3. The van der Waals surface area contributed by atoms with Crippen LogP contribution in [0.15, 0.2) is 82.7 Å². The van der Waals surface area contributed by atoms with Gasteiger partial charge in [-0.3, -0.25) is 14.2 Å². The van der Waals surface area contributed by atoms with E-state index in [9.17, 15) is 9.59 Å². The highest BCUT2D eigenvalue weighted by Crippen LogP contribution is 2.42. The van der Waals surface area contributed by atoms with Crippen LogP contribution in [0.5, 0.6) is 0 Å². The number of carbonyl (C=O) groups excluding carboxylic acids is 1. The number of hydrogen-bond donors (Lipinski definition) is 0. The molecule has 0 spiro atoms. The second-order valence-electron chi connectivity index (χ2n) is 11.5. The molecule has 2 aromatic heterocycles. The molecule has 6 rings (SSSR count). The zero-order valence-corrected chi connectivity index (χ0v) is 24.2. The fourth-order valence-corrected chi connectivity index (χ4v) is 7.80. The number of rotatable bonds is 6. The number of thiophene rings is 1. The standard InChI is InChI=1S/C33H32N2O2S2/c1-33(2,3)25-15-16-26-28(18-25)39-30-29(26)31(37)35(19-21-9-5-4-6-10-21)32(34-30)38-20-27(36)24-14-13-22-11-7-8-12-23(22)17-24/h4-14,17,25H,15-16,18-20H2,1-3H3. The molecule has 2 heterocycles. The molecule has 1 atom stereocenters. The molecule has 3 aromatic carbocycles. The largest absolute Gasteiger partial charge is 0.293 e. The summed E-state index contributed by atoms with van der Waals surface area (Å²) in [6.07, 6.45) is 3.02. The smallest absolute Gasteiger partial charge is 0.263 e. The Bertz CT molecular complexity index is 1750. The minimum Gasteiger partial charge on any atom is -0.293 e. The molecule has 0 aliphatic heterocycles. The number of carbonyl (C=O) groups is 1. The number of hydrogen-bond acceptors (Lipinski definition) is 5. The van der Waals surface area contributed by atoms with Crippen LogP contribution in [0.25, 0.3) is 21.0 Å². The topological polar surface area (TPSA) is 52.0 Å². The molecule has 1 aliphatic rings. The summed E-state index contributed by atoms with van der Waals surface area (Å²) in [6.45, 7) is 7.36. The highest BCUT2D eigenvalue weighted by Gasteiger charge is 2.32. The van der Waals surface area contributed by atoms with Crippen LogP contribution in [-0.2, 0) is 19.4 Å². The van der Waals surface area contributed by atoms with Gasteiger partial charge < -0.3 is 0 Å². The Hall–Kier alpha value is -3.22. The summed E-state index contributed by atoms with van der Waals surface area (Å²) in [5, 5.41) is 3.55. The molecular formula is C33H32N2O2S2. The quantitative estimate of drug-likeness (QED) is 0.123. The van der Waals surface area contributed by atoms with Crippen LogP contribution >= 0.6 is 23.1 Å². The van der Waals surface area contributed by atoms with Gasteiger partial charge >= 0.3 is 0 Å². The Balaban J connectivity index is 1.36. The van der Waals surface area contributed by atoms with Gasteiger partial charge in [0.25, 0.3) is 5.56 Å². The number of nitrogens with zero attached hydrogens (tertiary/aromatic N) is 2. The fraction of sp³-hybridized carbons (Fsp3) is 0.303. The van der Waals surface area contributed by atoms with Gasteiger partial charge in [0.05, 0.1) is 17.7 Å². The highest BCUT2D eigenvalue weighted by molar-refractivity contribution is 7.99. The van der Waals surface area contributed by atoms with Crippen molar-refractivity contribution in [1.82, 2.24) is 9.55 Å². The first-order valence-electron chi connectivity index (χ1n) is 13.5. The van der Waals surface area contributed by atoms with Crippen LogP contribution in [0, 0.1) is 11.3 Å². The lowest BCUT2D eigenvalue weighted by molar-refractivity contribution is 0.102. The molecule has 5 aromatic rings. The SMILES string of the molecule is CC(C)(C)C1CCc2c(sc3nc(SCC(=O)c4ccc5ccccc5c4)n(Cc4ccccc4)c(=O)c23)C1. The maximum atomic E-state index is 14.1. The second kappa shape index (κ2) is 10.4. The summed E-state index contributed by atoms with van der Waals surface area (Å²) in [7, 11) is 0. The Morgan fingerprint density at radius 3 is 2.54 bits per heavy atom. The normalized spacial score (nSPS) is 15.5. The van der Waals surface area contributed by atoms with Crippen molar-refractivity contribution in [3.05, 3.63) is 105 Å². The van der Waals surface area contributed by atoms with Gasteiger partial charge in [-0.25, -0.2) is 4.98 Å². The minimum absolute atomic E-state index is 0.0104. The highest BCUT2D eigenvalue weighted by atomic mass is 32.2. The zero-order valence-electron chi connectivity index (χ0n) is 22.6. The van der Waals surface area contributed by atoms with Crippen molar-refractivity contribution < 1.29 is 4.79 Å². The lowest BCUT2D eigenvalue weighted by Crippen LogP contribution is -2.27. The molecule has 0 fully saturated rings. The summed E-state index contributed by atoms with van der Waals surface area (Å²) >= 11 is 3.04. The number of aromatic nitrogens is 2. The first kappa shape index (κ1) is 26.0. The van der Waals surface area contributed by atoms with E-state index in [4.69, 9.17) is 4.98 Å². The van der Waals surface area contributed by atoms with E-state index in [1.54, 1.807) is 15.9 Å². The maximum Gasteiger partial charge on any atom is 0.263 e. The molecule has 0 saturated heterocycles. The molecule has 1 unspecified atom stereocenters. The van der Waals surface area contributed by atoms with Crippen LogP contribution < -0.4 is 5.56 Å². The van der Waals surface area contributed by atoms with E-state index >= 15 is 0 Å². The Morgan fingerprint density at radius 1 is 1.03 bits per heavy atom. The van der Waals surface area contributed by atoms with E-state index in [1.165, 1.54) is 22.2 Å². The van der Waals surface area contributed by atoms with Crippen molar-refractivity contribution in [3.63, 3.8) is 0 Å². The Kier molecular flexibility index (Phi) is 6.94. The molecule has 6 heteroatoms. The number of ketones is 1. The van der Waals surface area contributed by atoms with Crippen molar-refractivity contribution in [2.45, 2.75) is 51.7 Å².